The molecular formula is C14H20ClFN2O2. The highest BCUT2D eigenvalue weighted by atomic mass is 35.5. The van der Waals surface area contributed by atoms with Crippen LogP contribution in [0.3, 0.4) is 0 Å². The van der Waals surface area contributed by atoms with Gasteiger partial charge >= 0.3 is 6.09 Å². The minimum atomic E-state index is -0.562. The van der Waals surface area contributed by atoms with E-state index in [9.17, 15) is 9.18 Å². The third kappa shape index (κ3) is 6.21. The smallest absolute Gasteiger partial charge is 0.407 e. The van der Waals surface area contributed by atoms with Crippen LogP contribution in [0.2, 0.25) is 5.02 Å². The normalized spacial score (nSPS) is 12.9. The van der Waals surface area contributed by atoms with Crippen molar-refractivity contribution in [1.82, 2.24) is 5.32 Å². The lowest BCUT2D eigenvalue weighted by Crippen LogP contribution is -2.41. The van der Waals surface area contributed by atoms with Crippen LogP contribution in [-0.4, -0.2) is 24.3 Å². The molecule has 0 saturated heterocycles. The lowest BCUT2D eigenvalue weighted by atomic mass is 10.1. The summed E-state index contributed by atoms with van der Waals surface area (Å²) >= 11 is 5.80. The first-order chi connectivity index (χ1) is 9.17. The number of hydrogen-bond acceptors (Lipinski definition) is 3. The summed E-state index contributed by atoms with van der Waals surface area (Å²) in [5.41, 5.74) is 5.72. The lowest BCUT2D eigenvalue weighted by molar-refractivity contribution is 0.0524. The Hall–Kier alpha value is -1.33. The fraction of sp³-hybridized carbons (Fsp3) is 0.500. The number of carbonyl (C=O) groups excluding carboxylic acids is 1. The Kier molecular flexibility index (Phi) is 5.77. The summed E-state index contributed by atoms with van der Waals surface area (Å²) in [6, 6.07) is 3.89. The van der Waals surface area contributed by atoms with Crippen LogP contribution < -0.4 is 11.1 Å². The maximum absolute atomic E-state index is 13.5. The maximum Gasteiger partial charge on any atom is 0.407 e. The molecule has 0 spiro atoms. The molecule has 0 aliphatic carbocycles. The first-order valence-corrected chi connectivity index (χ1v) is 6.71. The number of halogens is 2. The second-order valence-corrected chi connectivity index (χ2v) is 6.02. The first-order valence-electron chi connectivity index (χ1n) is 6.34. The zero-order valence-corrected chi connectivity index (χ0v) is 12.6. The fourth-order valence-electron chi connectivity index (χ4n) is 1.58. The Morgan fingerprint density at radius 2 is 2.15 bits per heavy atom. The molecule has 1 aromatic carbocycles. The Morgan fingerprint density at radius 3 is 2.75 bits per heavy atom. The second kappa shape index (κ2) is 6.90. The minimum Gasteiger partial charge on any atom is -0.444 e. The van der Waals surface area contributed by atoms with Crippen molar-refractivity contribution in [2.75, 3.05) is 6.54 Å². The van der Waals surface area contributed by atoms with Crippen molar-refractivity contribution in [2.45, 2.75) is 38.8 Å². The van der Waals surface area contributed by atoms with Gasteiger partial charge in [0.05, 0.1) is 0 Å². The molecule has 1 atom stereocenters. The van der Waals surface area contributed by atoms with Gasteiger partial charge in [0.15, 0.2) is 0 Å². The van der Waals surface area contributed by atoms with E-state index in [0.29, 0.717) is 10.6 Å². The van der Waals surface area contributed by atoms with E-state index in [1.807, 2.05) is 0 Å². The summed E-state index contributed by atoms with van der Waals surface area (Å²) in [6.07, 6.45) is -0.262. The number of nitrogens with one attached hydrogen (secondary N) is 1. The molecular weight excluding hydrogens is 283 g/mol. The van der Waals surface area contributed by atoms with E-state index in [-0.39, 0.29) is 18.8 Å². The molecule has 0 fully saturated rings. The van der Waals surface area contributed by atoms with Gasteiger partial charge in [-0.2, -0.15) is 0 Å². The number of amides is 1. The van der Waals surface area contributed by atoms with Gasteiger partial charge in [-0.15, -0.1) is 0 Å². The summed E-state index contributed by atoms with van der Waals surface area (Å²) in [4.78, 5) is 11.5. The number of hydrogen-bond donors (Lipinski definition) is 2. The molecule has 6 heteroatoms. The van der Waals surface area contributed by atoms with Gasteiger partial charge in [-0.25, -0.2) is 9.18 Å². The van der Waals surface area contributed by atoms with Crippen LogP contribution in [-0.2, 0) is 11.2 Å². The SMILES string of the molecule is CC(C)(C)OC(=O)NCC(N)Cc1cc(Cl)ccc1F. The standard InChI is InChI=1S/C14H20ClFN2O2/c1-14(2,3)20-13(19)18-8-11(17)7-9-6-10(15)4-5-12(9)16/h4-6,11H,7-8,17H2,1-3H3,(H,18,19). The van der Waals surface area contributed by atoms with Crippen LogP contribution in [0.15, 0.2) is 18.2 Å². The number of ether oxygens (including phenoxy) is 1. The highest BCUT2D eigenvalue weighted by Gasteiger charge is 2.17. The molecule has 1 amide bonds. The van der Waals surface area contributed by atoms with Crippen molar-refractivity contribution in [3.05, 3.63) is 34.6 Å². The molecule has 0 aliphatic rings. The molecule has 0 saturated carbocycles. The van der Waals surface area contributed by atoms with Crippen molar-refractivity contribution in [2.24, 2.45) is 5.73 Å². The molecule has 0 heterocycles. The second-order valence-electron chi connectivity index (χ2n) is 5.58. The van der Waals surface area contributed by atoms with E-state index in [1.165, 1.54) is 18.2 Å². The van der Waals surface area contributed by atoms with Crippen LogP contribution >= 0.6 is 11.6 Å². The largest absolute Gasteiger partial charge is 0.444 e. The monoisotopic (exact) mass is 302 g/mol. The molecule has 112 valence electrons. The maximum atomic E-state index is 13.5. The van der Waals surface area contributed by atoms with E-state index in [1.54, 1.807) is 20.8 Å². The predicted molar refractivity (Wildman–Crippen MR) is 77.3 cm³/mol. The Morgan fingerprint density at radius 1 is 1.50 bits per heavy atom. The van der Waals surface area contributed by atoms with E-state index in [2.05, 4.69) is 5.32 Å². The molecule has 1 rings (SSSR count). The van der Waals surface area contributed by atoms with Gasteiger partial charge < -0.3 is 15.8 Å². The topological polar surface area (TPSA) is 64.3 Å². The molecule has 0 aliphatic heterocycles. The van der Waals surface area contributed by atoms with Crippen LogP contribution in [0.4, 0.5) is 9.18 Å². The van der Waals surface area contributed by atoms with Crippen molar-refractivity contribution >= 4 is 17.7 Å². The van der Waals surface area contributed by atoms with E-state index in [0.717, 1.165) is 0 Å². The highest BCUT2D eigenvalue weighted by molar-refractivity contribution is 6.30. The molecule has 0 bridgehead atoms. The van der Waals surface area contributed by atoms with Gasteiger partial charge in [0.2, 0.25) is 0 Å². The average molecular weight is 303 g/mol. The number of alkyl carbamates (subject to hydrolysis) is 1. The minimum absolute atomic E-state index is 0.195. The third-order valence-electron chi connectivity index (χ3n) is 2.40. The summed E-state index contributed by atoms with van der Waals surface area (Å²) in [5, 5.41) is 3.00. The molecule has 4 nitrogen and oxygen atoms in total. The third-order valence-corrected chi connectivity index (χ3v) is 2.63. The summed E-state index contributed by atoms with van der Waals surface area (Å²) in [6.45, 7) is 5.51. The Bertz CT molecular complexity index is 475. The van der Waals surface area contributed by atoms with E-state index >= 15 is 0 Å². The average Bonchev–Trinajstić information content (AvgIpc) is 2.29. The molecule has 0 radical (unpaired) electrons. The number of nitrogens with two attached hydrogens (primary N) is 1. The molecule has 1 aromatic rings. The van der Waals surface area contributed by atoms with Gasteiger partial charge in [-0.1, -0.05) is 11.6 Å². The lowest BCUT2D eigenvalue weighted by Gasteiger charge is -2.21. The number of carbonyl (C=O) groups is 1. The van der Waals surface area contributed by atoms with Crippen LogP contribution in [0.1, 0.15) is 26.3 Å². The predicted octanol–water partition coefficient (Wildman–Crippen LogP) is 2.87. The Balaban J connectivity index is 2.46. The number of rotatable bonds is 4. The summed E-state index contributed by atoms with van der Waals surface area (Å²) in [7, 11) is 0. The van der Waals surface area contributed by atoms with Gasteiger partial charge in [0, 0.05) is 17.6 Å². The first kappa shape index (κ1) is 16.7. The van der Waals surface area contributed by atoms with Gasteiger partial charge in [0.1, 0.15) is 11.4 Å². The van der Waals surface area contributed by atoms with E-state index in [4.69, 9.17) is 22.1 Å². The zero-order chi connectivity index (χ0) is 15.3. The molecule has 0 aromatic heterocycles. The molecule has 3 N–H and O–H groups in total. The molecule has 1 unspecified atom stereocenters. The fourth-order valence-corrected chi connectivity index (χ4v) is 1.78. The number of benzene rings is 1. The van der Waals surface area contributed by atoms with E-state index < -0.39 is 17.7 Å². The summed E-state index contributed by atoms with van der Waals surface area (Å²) in [5.74, 6) is -0.359. The van der Waals surface area contributed by atoms with Crippen molar-refractivity contribution in [3.8, 4) is 0 Å². The summed E-state index contributed by atoms with van der Waals surface area (Å²) < 4.78 is 18.6. The van der Waals surface area contributed by atoms with Gasteiger partial charge in [-0.05, 0) is 51.0 Å². The van der Waals surface area contributed by atoms with Crippen molar-refractivity contribution in [1.29, 1.82) is 0 Å². The quantitative estimate of drug-likeness (QED) is 0.899. The van der Waals surface area contributed by atoms with Crippen molar-refractivity contribution in [3.63, 3.8) is 0 Å². The van der Waals surface area contributed by atoms with Gasteiger partial charge in [0.25, 0.3) is 0 Å². The van der Waals surface area contributed by atoms with Crippen LogP contribution in [0.5, 0.6) is 0 Å². The van der Waals surface area contributed by atoms with Gasteiger partial charge in [-0.3, -0.25) is 0 Å². The van der Waals surface area contributed by atoms with Crippen LogP contribution in [0.25, 0.3) is 0 Å². The zero-order valence-electron chi connectivity index (χ0n) is 11.9. The highest BCUT2D eigenvalue weighted by Crippen LogP contribution is 2.16. The molecule has 20 heavy (non-hydrogen) atoms. The van der Waals surface area contributed by atoms with Crippen LogP contribution in [0, 0.1) is 5.82 Å². The Labute approximate surface area is 123 Å². The van der Waals surface area contributed by atoms with Crippen molar-refractivity contribution < 1.29 is 13.9 Å².